The Labute approximate surface area is 103 Å². The van der Waals surface area contributed by atoms with Crippen LogP contribution in [0.5, 0.6) is 5.75 Å². The summed E-state index contributed by atoms with van der Waals surface area (Å²) in [4.78, 5) is 0. The monoisotopic (exact) mass is 229 g/mol. The van der Waals surface area contributed by atoms with Gasteiger partial charge in [-0.15, -0.1) is 0 Å². The minimum atomic E-state index is -0.0416. The van der Waals surface area contributed by atoms with Crippen molar-refractivity contribution in [2.75, 3.05) is 6.61 Å². The van der Waals surface area contributed by atoms with E-state index < -0.39 is 0 Å². The van der Waals surface area contributed by atoms with Gasteiger partial charge in [-0.3, -0.25) is 0 Å². The van der Waals surface area contributed by atoms with Crippen LogP contribution in [0, 0.1) is 16.7 Å². The number of benzene rings is 1. The molecule has 0 aliphatic heterocycles. The van der Waals surface area contributed by atoms with Crippen molar-refractivity contribution in [1.82, 2.24) is 0 Å². The Balaban J connectivity index is 1.71. The lowest BCUT2D eigenvalue weighted by Crippen LogP contribution is -2.14. The van der Waals surface area contributed by atoms with Crippen LogP contribution in [0.1, 0.15) is 38.5 Å². The molecule has 90 valence electrons. The Morgan fingerprint density at radius 3 is 2.53 bits per heavy atom. The van der Waals surface area contributed by atoms with Gasteiger partial charge in [-0.05, 0) is 37.8 Å². The molecule has 0 saturated heterocycles. The normalized spacial score (nSPS) is 17.6. The molecule has 1 saturated carbocycles. The summed E-state index contributed by atoms with van der Waals surface area (Å²) in [5.41, 5.74) is -0.0416. The van der Waals surface area contributed by atoms with Gasteiger partial charge in [0.05, 0.1) is 18.1 Å². The van der Waals surface area contributed by atoms with Crippen LogP contribution in [0.15, 0.2) is 30.3 Å². The molecule has 0 aromatic heterocycles. The number of ether oxygens (including phenoxy) is 1. The second-order valence-electron chi connectivity index (χ2n) is 4.86. The molecule has 1 aliphatic carbocycles. The Hall–Kier alpha value is -1.49. The largest absolute Gasteiger partial charge is 0.494 e. The number of hydrogen-bond acceptors (Lipinski definition) is 2. The third-order valence-corrected chi connectivity index (χ3v) is 3.61. The molecule has 0 N–H and O–H groups in total. The van der Waals surface area contributed by atoms with Gasteiger partial charge in [-0.25, -0.2) is 0 Å². The lowest BCUT2D eigenvalue weighted by atomic mass is 9.83. The summed E-state index contributed by atoms with van der Waals surface area (Å²) in [7, 11) is 0. The number of para-hydroxylation sites is 1. The molecule has 0 heterocycles. The maximum atomic E-state index is 9.24. The number of nitrogens with zero attached hydrogens (tertiary/aromatic N) is 1. The summed E-state index contributed by atoms with van der Waals surface area (Å²) in [5, 5.41) is 9.24. The van der Waals surface area contributed by atoms with Crippen molar-refractivity contribution in [3.63, 3.8) is 0 Å². The lowest BCUT2D eigenvalue weighted by molar-refractivity contribution is 0.270. The van der Waals surface area contributed by atoms with E-state index in [1.165, 1.54) is 12.8 Å². The predicted octanol–water partition coefficient (Wildman–Crippen LogP) is 3.93. The highest BCUT2D eigenvalue weighted by molar-refractivity contribution is 5.20. The van der Waals surface area contributed by atoms with Crippen LogP contribution < -0.4 is 4.74 Å². The maximum Gasteiger partial charge on any atom is 0.119 e. The first-order valence-electron chi connectivity index (χ1n) is 6.44. The molecule has 2 rings (SSSR count). The molecule has 0 amide bonds. The second-order valence-corrected chi connectivity index (χ2v) is 4.86. The number of rotatable bonds is 5. The molecule has 1 aromatic rings. The molecule has 1 aliphatic rings. The van der Waals surface area contributed by atoms with E-state index in [-0.39, 0.29) is 5.41 Å². The molecule has 2 nitrogen and oxygen atoms in total. The van der Waals surface area contributed by atoms with Gasteiger partial charge >= 0.3 is 0 Å². The van der Waals surface area contributed by atoms with Crippen LogP contribution in [-0.4, -0.2) is 6.61 Å². The molecule has 1 fully saturated rings. The van der Waals surface area contributed by atoms with Gasteiger partial charge in [0.25, 0.3) is 0 Å². The van der Waals surface area contributed by atoms with Gasteiger partial charge < -0.3 is 4.74 Å². The highest BCUT2D eigenvalue weighted by Crippen LogP contribution is 2.41. The third kappa shape index (κ3) is 3.23. The van der Waals surface area contributed by atoms with E-state index in [2.05, 4.69) is 6.07 Å². The Kier molecular flexibility index (Phi) is 4.03. The zero-order valence-electron chi connectivity index (χ0n) is 10.2. The number of hydrogen-bond donors (Lipinski definition) is 0. The molecule has 0 radical (unpaired) electrons. The zero-order chi connectivity index (χ0) is 12.0. The molecule has 1 aromatic carbocycles. The topological polar surface area (TPSA) is 33.0 Å². The Bertz CT molecular complexity index is 374. The smallest absolute Gasteiger partial charge is 0.119 e. The maximum absolute atomic E-state index is 9.24. The van der Waals surface area contributed by atoms with Crippen LogP contribution in [0.25, 0.3) is 0 Å². The summed E-state index contributed by atoms with van der Waals surface area (Å²) in [6.45, 7) is 0.716. The van der Waals surface area contributed by atoms with Gasteiger partial charge in [0.2, 0.25) is 0 Å². The van der Waals surface area contributed by atoms with Crippen LogP contribution in [0.4, 0.5) is 0 Å². The first-order valence-corrected chi connectivity index (χ1v) is 6.44. The minimum absolute atomic E-state index is 0.0416. The third-order valence-electron chi connectivity index (χ3n) is 3.61. The fourth-order valence-corrected chi connectivity index (χ4v) is 2.59. The first-order chi connectivity index (χ1) is 8.35. The van der Waals surface area contributed by atoms with E-state index in [1.54, 1.807) is 0 Å². The average Bonchev–Trinajstić information content (AvgIpc) is 2.85. The second kappa shape index (κ2) is 5.72. The highest BCUT2D eigenvalue weighted by atomic mass is 16.5. The number of nitriles is 1. The van der Waals surface area contributed by atoms with Crippen LogP contribution >= 0.6 is 0 Å². The highest BCUT2D eigenvalue weighted by Gasteiger charge is 2.33. The fraction of sp³-hybridized carbons (Fsp3) is 0.533. The van der Waals surface area contributed by atoms with E-state index in [1.807, 2.05) is 30.3 Å². The summed E-state index contributed by atoms with van der Waals surface area (Å²) in [5.74, 6) is 0.921. The van der Waals surface area contributed by atoms with Crippen molar-refractivity contribution in [1.29, 1.82) is 5.26 Å². The van der Waals surface area contributed by atoms with Gasteiger partial charge in [0, 0.05) is 0 Å². The quantitative estimate of drug-likeness (QED) is 0.717. The van der Waals surface area contributed by atoms with Gasteiger partial charge in [0.1, 0.15) is 5.75 Å². The van der Waals surface area contributed by atoms with Gasteiger partial charge in [-0.2, -0.15) is 5.26 Å². The van der Waals surface area contributed by atoms with E-state index in [4.69, 9.17) is 4.74 Å². The van der Waals surface area contributed by atoms with E-state index in [0.29, 0.717) is 6.61 Å². The van der Waals surface area contributed by atoms with Crippen molar-refractivity contribution >= 4 is 0 Å². The first kappa shape index (κ1) is 12.0. The van der Waals surface area contributed by atoms with Crippen molar-refractivity contribution in [2.24, 2.45) is 5.41 Å². The van der Waals surface area contributed by atoms with Crippen molar-refractivity contribution < 1.29 is 4.74 Å². The molecule has 0 bridgehead atoms. The lowest BCUT2D eigenvalue weighted by Gasteiger charge is -2.19. The summed E-state index contributed by atoms with van der Waals surface area (Å²) in [6.07, 6.45) is 6.54. The average molecular weight is 229 g/mol. The Morgan fingerprint density at radius 1 is 1.18 bits per heavy atom. The fourth-order valence-electron chi connectivity index (χ4n) is 2.59. The molecule has 0 atom stereocenters. The minimum Gasteiger partial charge on any atom is -0.494 e. The molecular weight excluding hydrogens is 210 g/mol. The van der Waals surface area contributed by atoms with Crippen molar-refractivity contribution in [3.05, 3.63) is 30.3 Å². The molecule has 0 unspecified atom stereocenters. The van der Waals surface area contributed by atoms with Crippen molar-refractivity contribution in [3.8, 4) is 11.8 Å². The van der Waals surface area contributed by atoms with Gasteiger partial charge in [-0.1, -0.05) is 31.0 Å². The Morgan fingerprint density at radius 2 is 1.88 bits per heavy atom. The van der Waals surface area contributed by atoms with Crippen LogP contribution in [0.3, 0.4) is 0 Å². The molecule has 17 heavy (non-hydrogen) atoms. The molecule has 0 spiro atoms. The van der Waals surface area contributed by atoms with E-state index in [9.17, 15) is 5.26 Å². The van der Waals surface area contributed by atoms with Crippen LogP contribution in [0.2, 0.25) is 0 Å². The molecule has 2 heteroatoms. The van der Waals surface area contributed by atoms with E-state index in [0.717, 1.165) is 31.4 Å². The van der Waals surface area contributed by atoms with Gasteiger partial charge in [0.15, 0.2) is 0 Å². The van der Waals surface area contributed by atoms with Crippen LogP contribution in [-0.2, 0) is 0 Å². The summed E-state index contributed by atoms with van der Waals surface area (Å²) in [6, 6.07) is 12.4. The predicted molar refractivity (Wildman–Crippen MR) is 67.7 cm³/mol. The van der Waals surface area contributed by atoms with E-state index >= 15 is 0 Å². The SMILES string of the molecule is N#CC1(CCCOc2ccccc2)CCCC1. The summed E-state index contributed by atoms with van der Waals surface area (Å²) < 4.78 is 5.65. The zero-order valence-corrected chi connectivity index (χ0v) is 10.2. The standard InChI is InChI=1S/C15H19NO/c16-13-15(9-4-5-10-15)11-6-12-17-14-7-2-1-3-8-14/h1-3,7-8H,4-6,9-12H2. The molecular formula is C15H19NO. The van der Waals surface area contributed by atoms with Crippen molar-refractivity contribution in [2.45, 2.75) is 38.5 Å². The summed E-state index contributed by atoms with van der Waals surface area (Å²) >= 11 is 0.